The highest BCUT2D eigenvalue weighted by molar-refractivity contribution is 6.30. The number of aliphatic hydroxyl groups is 1. The number of aromatic nitrogens is 2. The third kappa shape index (κ3) is 2.36. The predicted octanol–water partition coefficient (Wildman–Crippen LogP) is 3.37. The molecule has 3 nitrogen and oxygen atoms in total. The van der Waals surface area contributed by atoms with Crippen LogP contribution in [0, 0.1) is 17.5 Å². The van der Waals surface area contributed by atoms with Crippen LogP contribution >= 0.6 is 11.6 Å². The summed E-state index contributed by atoms with van der Waals surface area (Å²) in [6.45, 7) is -0.857. The zero-order valence-corrected chi connectivity index (χ0v) is 10.3. The summed E-state index contributed by atoms with van der Waals surface area (Å²) in [5.41, 5.74) is -1.91. The Balaban J connectivity index is 2.67. The zero-order chi connectivity index (χ0) is 15.0. The Bertz CT molecular complexity index is 659. The van der Waals surface area contributed by atoms with Crippen molar-refractivity contribution < 1.29 is 27.1 Å². The molecule has 0 radical (unpaired) electrons. The fourth-order valence-electron chi connectivity index (χ4n) is 1.60. The van der Waals surface area contributed by atoms with Crippen molar-refractivity contribution in [3.63, 3.8) is 0 Å². The Kier molecular flexibility index (Phi) is 3.96. The molecular weight excluding hydrogens is 307 g/mol. The largest absolute Gasteiger partial charge is 0.391 e. The molecule has 0 aliphatic rings. The average molecular weight is 313 g/mol. The van der Waals surface area contributed by atoms with Crippen molar-refractivity contribution in [3.05, 3.63) is 46.0 Å². The first-order valence-corrected chi connectivity index (χ1v) is 5.55. The Morgan fingerprint density at radius 2 is 1.75 bits per heavy atom. The lowest BCUT2D eigenvalue weighted by Gasteiger charge is -2.05. The molecule has 2 rings (SSSR count). The SMILES string of the molecule is OCc1c(C(F)F)nn(-c2cc(F)c(F)cc2F)c1Cl. The second-order valence-electron chi connectivity index (χ2n) is 3.74. The molecule has 1 aromatic heterocycles. The first-order chi connectivity index (χ1) is 9.36. The molecule has 0 bridgehead atoms. The van der Waals surface area contributed by atoms with E-state index in [0.717, 1.165) is 0 Å². The first kappa shape index (κ1) is 14.7. The number of rotatable bonds is 3. The highest BCUT2D eigenvalue weighted by atomic mass is 35.5. The molecule has 0 fully saturated rings. The second kappa shape index (κ2) is 5.37. The Morgan fingerprint density at radius 1 is 1.15 bits per heavy atom. The minimum atomic E-state index is -3.07. The van der Waals surface area contributed by atoms with Gasteiger partial charge in [-0.15, -0.1) is 0 Å². The standard InChI is InChI=1S/C11H6ClF5N2O/c12-10-4(3-20)9(11(16)17)18-19(10)8-2-6(14)5(13)1-7(8)15/h1-2,11,20H,3H2. The molecule has 9 heteroatoms. The van der Waals surface area contributed by atoms with Crippen LogP contribution in [0.2, 0.25) is 5.15 Å². The van der Waals surface area contributed by atoms with E-state index in [2.05, 4.69) is 5.10 Å². The molecule has 0 amide bonds. The van der Waals surface area contributed by atoms with E-state index in [-0.39, 0.29) is 6.07 Å². The number of aliphatic hydroxyl groups excluding tert-OH is 1. The predicted molar refractivity (Wildman–Crippen MR) is 59.3 cm³/mol. The summed E-state index contributed by atoms with van der Waals surface area (Å²) < 4.78 is 65.4. The first-order valence-electron chi connectivity index (χ1n) is 5.18. The molecule has 1 N–H and O–H groups in total. The van der Waals surface area contributed by atoms with Crippen LogP contribution in [0.5, 0.6) is 0 Å². The van der Waals surface area contributed by atoms with Crippen LogP contribution < -0.4 is 0 Å². The van der Waals surface area contributed by atoms with Crippen LogP contribution in [-0.4, -0.2) is 14.9 Å². The maximum atomic E-state index is 13.6. The van der Waals surface area contributed by atoms with Crippen LogP contribution in [0.1, 0.15) is 17.7 Å². The molecule has 0 spiro atoms. The van der Waals surface area contributed by atoms with Gasteiger partial charge >= 0.3 is 0 Å². The van der Waals surface area contributed by atoms with Gasteiger partial charge in [0.1, 0.15) is 16.5 Å². The van der Waals surface area contributed by atoms with Gasteiger partial charge in [0.25, 0.3) is 6.43 Å². The fraction of sp³-hybridized carbons (Fsp3) is 0.182. The average Bonchev–Trinajstić information content (AvgIpc) is 2.71. The fourth-order valence-corrected chi connectivity index (χ4v) is 1.89. The van der Waals surface area contributed by atoms with Gasteiger partial charge in [0.2, 0.25) is 0 Å². The molecule has 0 saturated heterocycles. The quantitative estimate of drug-likeness (QED) is 0.697. The summed E-state index contributed by atoms with van der Waals surface area (Å²) in [5.74, 6) is -4.07. The summed E-state index contributed by atoms with van der Waals surface area (Å²) in [4.78, 5) is 0. The van der Waals surface area contributed by atoms with Crippen molar-refractivity contribution in [1.82, 2.24) is 9.78 Å². The lowest BCUT2D eigenvalue weighted by atomic mass is 10.2. The highest BCUT2D eigenvalue weighted by Gasteiger charge is 2.25. The van der Waals surface area contributed by atoms with Gasteiger partial charge < -0.3 is 5.11 Å². The summed E-state index contributed by atoms with van der Waals surface area (Å²) >= 11 is 5.70. The molecule has 0 saturated carbocycles. The van der Waals surface area contributed by atoms with Gasteiger partial charge in [-0.2, -0.15) is 5.10 Å². The molecular formula is C11H6ClF5N2O. The van der Waals surface area contributed by atoms with E-state index in [0.29, 0.717) is 10.7 Å². The van der Waals surface area contributed by atoms with Gasteiger partial charge in [-0.1, -0.05) is 11.6 Å². The molecule has 108 valence electrons. The van der Waals surface area contributed by atoms with Gasteiger partial charge in [-0.3, -0.25) is 0 Å². The summed E-state index contributed by atoms with van der Waals surface area (Å²) in [7, 11) is 0. The van der Waals surface area contributed by atoms with E-state index in [1.165, 1.54) is 0 Å². The number of nitrogens with zero attached hydrogens (tertiary/aromatic N) is 2. The van der Waals surface area contributed by atoms with E-state index in [1.807, 2.05) is 0 Å². The van der Waals surface area contributed by atoms with E-state index in [4.69, 9.17) is 16.7 Å². The third-order valence-electron chi connectivity index (χ3n) is 2.53. The summed E-state index contributed by atoms with van der Waals surface area (Å²) in [6.07, 6.45) is -3.07. The number of hydrogen-bond acceptors (Lipinski definition) is 2. The second-order valence-corrected chi connectivity index (χ2v) is 4.10. The molecule has 20 heavy (non-hydrogen) atoms. The topological polar surface area (TPSA) is 38.1 Å². The van der Waals surface area contributed by atoms with Gasteiger partial charge in [0.15, 0.2) is 17.5 Å². The van der Waals surface area contributed by atoms with E-state index in [1.54, 1.807) is 0 Å². The molecule has 0 unspecified atom stereocenters. The minimum Gasteiger partial charge on any atom is -0.391 e. The monoisotopic (exact) mass is 312 g/mol. The van der Waals surface area contributed by atoms with Crippen molar-refractivity contribution in [2.45, 2.75) is 13.0 Å². The lowest BCUT2D eigenvalue weighted by molar-refractivity contribution is 0.141. The van der Waals surface area contributed by atoms with Crippen molar-refractivity contribution in [3.8, 4) is 5.69 Å². The normalized spacial score (nSPS) is 11.4. The van der Waals surface area contributed by atoms with Crippen molar-refractivity contribution in [2.24, 2.45) is 0 Å². The van der Waals surface area contributed by atoms with Gasteiger partial charge in [-0.25, -0.2) is 26.6 Å². The van der Waals surface area contributed by atoms with E-state index in [9.17, 15) is 22.0 Å². The highest BCUT2D eigenvalue weighted by Crippen LogP contribution is 2.31. The number of hydrogen-bond donors (Lipinski definition) is 1. The third-order valence-corrected chi connectivity index (χ3v) is 2.92. The molecule has 0 aliphatic heterocycles. The summed E-state index contributed by atoms with van der Waals surface area (Å²) in [6, 6.07) is 0.670. The van der Waals surface area contributed by atoms with Gasteiger partial charge in [0.05, 0.1) is 6.61 Å². The van der Waals surface area contributed by atoms with Crippen molar-refractivity contribution in [1.29, 1.82) is 0 Å². The van der Waals surface area contributed by atoms with Gasteiger partial charge in [0, 0.05) is 17.7 Å². The van der Waals surface area contributed by atoms with Crippen LogP contribution in [-0.2, 0) is 6.61 Å². The molecule has 0 atom stereocenters. The summed E-state index contributed by atoms with van der Waals surface area (Å²) in [5, 5.41) is 11.8. The molecule has 2 aromatic rings. The van der Waals surface area contributed by atoms with Crippen molar-refractivity contribution >= 4 is 11.6 Å². The van der Waals surface area contributed by atoms with Crippen LogP contribution in [0.4, 0.5) is 22.0 Å². The molecule has 1 aromatic carbocycles. The number of benzene rings is 1. The minimum absolute atomic E-state index is 0.239. The maximum absolute atomic E-state index is 13.6. The van der Waals surface area contributed by atoms with E-state index < -0.39 is 52.6 Å². The number of alkyl halides is 2. The number of halogens is 6. The molecule has 0 aliphatic carbocycles. The lowest BCUT2D eigenvalue weighted by Crippen LogP contribution is -2.03. The molecule has 1 heterocycles. The van der Waals surface area contributed by atoms with Crippen LogP contribution in [0.15, 0.2) is 12.1 Å². The van der Waals surface area contributed by atoms with Gasteiger partial charge in [-0.05, 0) is 0 Å². The Labute approximate surface area is 114 Å². The Morgan fingerprint density at radius 3 is 2.25 bits per heavy atom. The maximum Gasteiger partial charge on any atom is 0.282 e. The van der Waals surface area contributed by atoms with Crippen molar-refractivity contribution in [2.75, 3.05) is 0 Å². The smallest absolute Gasteiger partial charge is 0.282 e. The van der Waals surface area contributed by atoms with Crippen LogP contribution in [0.3, 0.4) is 0 Å². The van der Waals surface area contributed by atoms with Crippen LogP contribution in [0.25, 0.3) is 5.69 Å². The van der Waals surface area contributed by atoms with E-state index >= 15 is 0 Å². The Hall–Kier alpha value is -1.67. The zero-order valence-electron chi connectivity index (χ0n) is 9.55.